The van der Waals surface area contributed by atoms with Crippen molar-refractivity contribution in [2.75, 3.05) is 11.4 Å². The standard InChI is InChI=1S/C19H20FNO3S/c1-13-12-19(2,3)21(18-11-15(24-4)7-10-17(13)18)25(22,23)16-8-5-14(20)6-9-16/h5-12H,1-4H3. The number of allylic oxidation sites excluding steroid dienone is 1. The Bertz CT molecular complexity index is 947. The van der Waals surface area contributed by atoms with E-state index in [9.17, 15) is 12.8 Å². The van der Waals surface area contributed by atoms with E-state index in [2.05, 4.69) is 0 Å². The van der Waals surface area contributed by atoms with E-state index in [4.69, 9.17) is 4.74 Å². The van der Waals surface area contributed by atoms with Gasteiger partial charge in [0.2, 0.25) is 0 Å². The van der Waals surface area contributed by atoms with Gasteiger partial charge in [-0.2, -0.15) is 0 Å². The Morgan fingerprint density at radius 2 is 1.72 bits per heavy atom. The predicted molar refractivity (Wildman–Crippen MR) is 96.8 cm³/mol. The van der Waals surface area contributed by atoms with Crippen LogP contribution < -0.4 is 9.04 Å². The molecule has 4 nitrogen and oxygen atoms in total. The van der Waals surface area contributed by atoms with Gasteiger partial charge in [0.05, 0.1) is 23.2 Å². The van der Waals surface area contributed by atoms with Crippen LogP contribution in [0.25, 0.3) is 5.57 Å². The van der Waals surface area contributed by atoms with E-state index < -0.39 is 21.4 Å². The molecule has 0 bridgehead atoms. The maximum Gasteiger partial charge on any atom is 0.265 e. The molecule has 1 aliphatic rings. The summed E-state index contributed by atoms with van der Waals surface area (Å²) in [6.07, 6.45) is 1.92. The molecule has 0 unspecified atom stereocenters. The van der Waals surface area contributed by atoms with E-state index in [-0.39, 0.29) is 4.90 Å². The summed E-state index contributed by atoms with van der Waals surface area (Å²) < 4.78 is 46.5. The summed E-state index contributed by atoms with van der Waals surface area (Å²) in [7, 11) is -2.34. The van der Waals surface area contributed by atoms with Gasteiger partial charge in [-0.3, -0.25) is 4.31 Å². The zero-order valence-electron chi connectivity index (χ0n) is 14.6. The van der Waals surface area contributed by atoms with E-state index in [1.807, 2.05) is 32.9 Å². The van der Waals surface area contributed by atoms with Crippen molar-refractivity contribution in [1.29, 1.82) is 0 Å². The number of anilines is 1. The lowest BCUT2D eigenvalue weighted by Gasteiger charge is -2.42. The molecule has 0 amide bonds. The molecule has 1 heterocycles. The molecule has 0 radical (unpaired) electrons. The number of nitrogens with zero attached hydrogens (tertiary/aromatic N) is 1. The quantitative estimate of drug-likeness (QED) is 0.822. The second-order valence-corrected chi connectivity index (χ2v) is 8.37. The first kappa shape index (κ1) is 17.5. The normalized spacial score (nSPS) is 16.2. The Labute approximate surface area is 147 Å². The average molecular weight is 361 g/mol. The van der Waals surface area contributed by atoms with Crippen molar-refractivity contribution < 1.29 is 17.5 Å². The van der Waals surface area contributed by atoms with Gasteiger partial charge >= 0.3 is 0 Å². The van der Waals surface area contributed by atoms with Gasteiger partial charge in [-0.25, -0.2) is 12.8 Å². The van der Waals surface area contributed by atoms with E-state index in [1.165, 1.54) is 23.5 Å². The van der Waals surface area contributed by atoms with Crippen molar-refractivity contribution in [3.8, 4) is 5.75 Å². The second kappa shape index (κ2) is 5.88. The Balaban J connectivity index is 2.25. The molecule has 25 heavy (non-hydrogen) atoms. The lowest BCUT2D eigenvalue weighted by Crippen LogP contribution is -2.48. The molecule has 6 heteroatoms. The van der Waals surface area contributed by atoms with Gasteiger partial charge in [0.25, 0.3) is 10.0 Å². The summed E-state index contributed by atoms with van der Waals surface area (Å²) in [5.74, 6) is 0.0956. The number of sulfonamides is 1. The molecule has 0 spiro atoms. The molecule has 0 N–H and O–H groups in total. The first-order valence-electron chi connectivity index (χ1n) is 7.86. The van der Waals surface area contributed by atoms with Gasteiger partial charge in [-0.15, -0.1) is 0 Å². The third-order valence-electron chi connectivity index (χ3n) is 4.29. The van der Waals surface area contributed by atoms with E-state index >= 15 is 0 Å². The minimum Gasteiger partial charge on any atom is -0.497 e. The van der Waals surface area contributed by atoms with E-state index in [1.54, 1.807) is 12.1 Å². The predicted octanol–water partition coefficient (Wildman–Crippen LogP) is 4.23. The van der Waals surface area contributed by atoms with Gasteiger partial charge in [-0.05, 0) is 62.7 Å². The molecule has 2 aromatic rings. The lowest BCUT2D eigenvalue weighted by molar-refractivity contribution is 0.414. The summed E-state index contributed by atoms with van der Waals surface area (Å²) in [5, 5.41) is 0. The molecule has 0 aliphatic carbocycles. The van der Waals surface area contributed by atoms with Crippen molar-refractivity contribution in [3.05, 3.63) is 59.9 Å². The number of hydrogen-bond acceptors (Lipinski definition) is 3. The van der Waals surface area contributed by atoms with Gasteiger partial charge in [0.15, 0.2) is 0 Å². The molecule has 132 valence electrons. The summed E-state index contributed by atoms with van der Waals surface area (Å²) >= 11 is 0. The highest BCUT2D eigenvalue weighted by molar-refractivity contribution is 7.93. The Morgan fingerprint density at radius 1 is 1.08 bits per heavy atom. The SMILES string of the molecule is COc1ccc2c(c1)N(S(=O)(=O)c1ccc(F)cc1)C(C)(C)C=C2C. The van der Waals surface area contributed by atoms with Crippen LogP contribution in [0.2, 0.25) is 0 Å². The first-order chi connectivity index (χ1) is 11.7. The summed E-state index contributed by atoms with van der Waals surface area (Å²) in [4.78, 5) is 0.0451. The van der Waals surface area contributed by atoms with Crippen LogP contribution in [0.3, 0.4) is 0 Å². The number of fused-ring (bicyclic) bond motifs is 1. The maximum atomic E-state index is 13.3. The number of rotatable bonds is 3. The fourth-order valence-electron chi connectivity index (χ4n) is 3.27. The molecular weight excluding hydrogens is 341 g/mol. The third-order valence-corrected chi connectivity index (χ3v) is 6.31. The number of methoxy groups -OCH3 is 1. The van der Waals surface area contributed by atoms with Crippen LogP contribution in [-0.4, -0.2) is 21.1 Å². The molecule has 0 saturated heterocycles. The van der Waals surface area contributed by atoms with Crippen LogP contribution in [-0.2, 0) is 10.0 Å². The van der Waals surface area contributed by atoms with Crippen molar-refractivity contribution >= 4 is 21.3 Å². The molecule has 3 rings (SSSR count). The molecule has 0 atom stereocenters. The molecule has 0 saturated carbocycles. The molecule has 2 aromatic carbocycles. The van der Waals surface area contributed by atoms with Gasteiger partial charge in [-0.1, -0.05) is 6.08 Å². The fourth-order valence-corrected chi connectivity index (χ4v) is 5.04. The molecule has 0 aromatic heterocycles. The van der Waals surface area contributed by atoms with Crippen LogP contribution in [0.15, 0.2) is 53.4 Å². The van der Waals surface area contributed by atoms with Crippen LogP contribution in [0.4, 0.5) is 10.1 Å². The van der Waals surface area contributed by atoms with Gasteiger partial charge < -0.3 is 4.74 Å². The molecule has 0 fully saturated rings. The van der Waals surface area contributed by atoms with E-state index in [0.717, 1.165) is 23.3 Å². The third kappa shape index (κ3) is 2.91. The summed E-state index contributed by atoms with van der Waals surface area (Å²) in [6, 6.07) is 10.2. The first-order valence-corrected chi connectivity index (χ1v) is 9.30. The van der Waals surface area contributed by atoms with E-state index in [0.29, 0.717) is 11.4 Å². The number of hydrogen-bond donors (Lipinski definition) is 0. The van der Waals surface area contributed by atoms with Crippen LogP contribution in [0, 0.1) is 5.82 Å². The molecular formula is C19H20FNO3S. The number of ether oxygens (including phenoxy) is 1. The van der Waals surface area contributed by atoms with Crippen LogP contribution >= 0.6 is 0 Å². The van der Waals surface area contributed by atoms with Crippen LogP contribution in [0.1, 0.15) is 26.3 Å². The topological polar surface area (TPSA) is 46.6 Å². The zero-order valence-corrected chi connectivity index (χ0v) is 15.4. The largest absolute Gasteiger partial charge is 0.497 e. The van der Waals surface area contributed by atoms with Crippen molar-refractivity contribution in [1.82, 2.24) is 0 Å². The smallest absolute Gasteiger partial charge is 0.265 e. The summed E-state index contributed by atoms with van der Waals surface area (Å²) in [6.45, 7) is 5.62. The van der Waals surface area contributed by atoms with Crippen molar-refractivity contribution in [3.63, 3.8) is 0 Å². The Kier molecular flexibility index (Phi) is 4.11. The van der Waals surface area contributed by atoms with Crippen LogP contribution in [0.5, 0.6) is 5.75 Å². The van der Waals surface area contributed by atoms with Gasteiger partial charge in [0.1, 0.15) is 11.6 Å². The monoisotopic (exact) mass is 361 g/mol. The minimum absolute atomic E-state index is 0.0451. The maximum absolute atomic E-state index is 13.3. The Morgan fingerprint density at radius 3 is 2.32 bits per heavy atom. The van der Waals surface area contributed by atoms with Crippen molar-refractivity contribution in [2.24, 2.45) is 0 Å². The highest BCUT2D eigenvalue weighted by Crippen LogP contribution is 2.43. The minimum atomic E-state index is -3.88. The fraction of sp³-hybridized carbons (Fsp3) is 0.263. The number of halogens is 1. The highest BCUT2D eigenvalue weighted by atomic mass is 32.2. The molecule has 1 aliphatic heterocycles. The summed E-state index contributed by atoms with van der Waals surface area (Å²) in [5.41, 5.74) is 1.59. The number of benzene rings is 2. The Hall–Kier alpha value is -2.34. The highest BCUT2D eigenvalue weighted by Gasteiger charge is 2.40. The van der Waals surface area contributed by atoms with Gasteiger partial charge in [0, 0.05) is 11.6 Å². The lowest BCUT2D eigenvalue weighted by atomic mass is 9.91. The second-order valence-electron chi connectivity index (χ2n) is 6.59. The van der Waals surface area contributed by atoms with Crippen molar-refractivity contribution in [2.45, 2.75) is 31.2 Å². The average Bonchev–Trinajstić information content (AvgIpc) is 2.53. The zero-order chi connectivity index (χ0) is 18.4.